The Balaban J connectivity index is -0.000000797. The molecule has 0 spiro atoms. The first kappa shape index (κ1) is 54.2. The van der Waals surface area contributed by atoms with Crippen molar-refractivity contribution in [1.82, 2.24) is 10.6 Å². The second kappa shape index (κ2) is 48.9. The van der Waals surface area contributed by atoms with Gasteiger partial charge in [0, 0.05) is 12.8 Å². The standard InChI is InChI=1S/2C19H38N2O2.C6H14/c2*1-2-3-4-5-6-7-8-9-10-11-12-13-14-15-16-17-18(22)21-19(20)23;1-3-5-6-4-2/h2*2-17H2,1H3,(H3,20,21,22,23);3-6H2,1-2H3. The average molecular weight is 739 g/mol. The van der Waals surface area contributed by atoms with Crippen LogP contribution in [0.1, 0.15) is 259 Å². The number of primary amides is 2. The van der Waals surface area contributed by atoms with Crippen molar-refractivity contribution in [2.45, 2.75) is 259 Å². The highest BCUT2D eigenvalue weighted by Gasteiger charge is 2.04. The number of nitrogens with one attached hydrogen (secondary N) is 2. The molecule has 0 bridgehead atoms. The van der Waals surface area contributed by atoms with Gasteiger partial charge in [-0.3, -0.25) is 20.2 Å². The summed E-state index contributed by atoms with van der Waals surface area (Å²) in [7, 11) is 0. The summed E-state index contributed by atoms with van der Waals surface area (Å²) in [6, 6.07) is -1.51. The summed E-state index contributed by atoms with van der Waals surface area (Å²) < 4.78 is 0. The van der Waals surface area contributed by atoms with E-state index in [1.54, 1.807) is 0 Å². The van der Waals surface area contributed by atoms with Crippen LogP contribution in [-0.4, -0.2) is 23.9 Å². The zero-order chi connectivity index (χ0) is 39.2. The third kappa shape index (κ3) is 57.2. The first-order valence-electron chi connectivity index (χ1n) is 22.4. The van der Waals surface area contributed by atoms with Gasteiger partial charge in [-0.15, -0.1) is 0 Å². The van der Waals surface area contributed by atoms with Crippen LogP contribution in [0, 0.1) is 0 Å². The summed E-state index contributed by atoms with van der Waals surface area (Å²) >= 11 is 0. The van der Waals surface area contributed by atoms with E-state index in [9.17, 15) is 19.2 Å². The number of nitrogens with two attached hydrogens (primary N) is 2. The lowest BCUT2D eigenvalue weighted by molar-refractivity contribution is -0.121. The van der Waals surface area contributed by atoms with Gasteiger partial charge in [-0.2, -0.15) is 0 Å². The van der Waals surface area contributed by atoms with Crippen LogP contribution in [-0.2, 0) is 9.59 Å². The fourth-order valence-corrected chi connectivity index (χ4v) is 6.21. The van der Waals surface area contributed by atoms with Crippen molar-refractivity contribution in [2.24, 2.45) is 11.5 Å². The second-order valence-electron chi connectivity index (χ2n) is 14.9. The van der Waals surface area contributed by atoms with Crippen molar-refractivity contribution in [2.75, 3.05) is 0 Å². The van der Waals surface area contributed by atoms with E-state index < -0.39 is 12.1 Å². The van der Waals surface area contributed by atoms with Gasteiger partial charge in [-0.25, -0.2) is 9.59 Å². The van der Waals surface area contributed by atoms with Crippen LogP contribution in [0.25, 0.3) is 0 Å². The molecule has 6 amide bonds. The van der Waals surface area contributed by atoms with E-state index in [2.05, 4.69) is 38.3 Å². The molecule has 0 aromatic carbocycles. The minimum Gasteiger partial charge on any atom is -0.351 e. The molecular formula is C44H90N4O4. The predicted molar refractivity (Wildman–Crippen MR) is 224 cm³/mol. The molecule has 0 aromatic heterocycles. The summed E-state index contributed by atoms with van der Waals surface area (Å²) in [6.45, 7) is 8.99. The monoisotopic (exact) mass is 739 g/mol. The Kier molecular flexibility index (Phi) is 51.0. The molecule has 310 valence electrons. The Bertz CT molecular complexity index is 701. The molecule has 0 saturated heterocycles. The van der Waals surface area contributed by atoms with Crippen LogP contribution in [0.5, 0.6) is 0 Å². The molecule has 0 aliphatic rings. The normalized spacial score (nSPS) is 10.5. The number of amides is 6. The molecule has 6 N–H and O–H groups in total. The first-order chi connectivity index (χ1) is 25.2. The van der Waals surface area contributed by atoms with Gasteiger partial charge in [0.05, 0.1) is 0 Å². The molecule has 8 heteroatoms. The molecular weight excluding hydrogens is 649 g/mol. The van der Waals surface area contributed by atoms with E-state index in [0.29, 0.717) is 12.8 Å². The van der Waals surface area contributed by atoms with E-state index in [1.165, 1.54) is 193 Å². The Labute approximate surface area is 323 Å². The van der Waals surface area contributed by atoms with Crippen molar-refractivity contribution in [1.29, 1.82) is 0 Å². The number of imide groups is 2. The van der Waals surface area contributed by atoms with E-state index in [1.807, 2.05) is 0 Å². The number of unbranched alkanes of at least 4 members (excludes halogenated alkanes) is 31. The fourth-order valence-electron chi connectivity index (χ4n) is 6.21. The molecule has 0 aliphatic heterocycles. The molecule has 0 aromatic rings. The van der Waals surface area contributed by atoms with Gasteiger partial charge in [-0.05, 0) is 12.8 Å². The number of urea groups is 2. The fraction of sp³-hybridized carbons (Fsp3) is 0.909. The summed E-state index contributed by atoms with van der Waals surface area (Å²) in [5, 5.41) is 4.18. The maximum atomic E-state index is 11.2. The van der Waals surface area contributed by atoms with Gasteiger partial charge >= 0.3 is 12.1 Å². The first-order valence-corrected chi connectivity index (χ1v) is 22.4. The maximum absolute atomic E-state index is 11.2. The van der Waals surface area contributed by atoms with Crippen molar-refractivity contribution in [3.8, 4) is 0 Å². The van der Waals surface area contributed by atoms with Gasteiger partial charge in [0.2, 0.25) is 11.8 Å². The summed E-state index contributed by atoms with van der Waals surface area (Å²) in [5.74, 6) is -0.514. The molecule has 0 saturated carbocycles. The molecule has 52 heavy (non-hydrogen) atoms. The molecule has 0 atom stereocenters. The quantitative estimate of drug-likeness (QED) is 0.0480. The zero-order valence-corrected chi connectivity index (χ0v) is 35.2. The van der Waals surface area contributed by atoms with Crippen LogP contribution >= 0.6 is 0 Å². The molecule has 0 heterocycles. The number of rotatable bonds is 35. The Morgan fingerprint density at radius 2 is 0.442 bits per heavy atom. The SMILES string of the molecule is CCCCCC.CCCCCCCCCCCCCCCCCC(=O)NC(N)=O.CCCCCCCCCCCCCCCCCC(=O)NC(N)=O. The van der Waals surface area contributed by atoms with Crippen LogP contribution in [0.15, 0.2) is 0 Å². The lowest BCUT2D eigenvalue weighted by atomic mass is 10.0. The van der Waals surface area contributed by atoms with Crippen molar-refractivity contribution in [3.63, 3.8) is 0 Å². The summed E-state index contributed by atoms with van der Waals surface area (Å²) in [6.07, 6.45) is 45.5. The number of hydrogen-bond donors (Lipinski definition) is 4. The highest BCUT2D eigenvalue weighted by Crippen LogP contribution is 2.15. The maximum Gasteiger partial charge on any atom is 0.318 e. The lowest BCUT2D eigenvalue weighted by Gasteiger charge is -2.03. The van der Waals surface area contributed by atoms with E-state index in [4.69, 9.17) is 11.5 Å². The molecule has 0 rings (SSSR count). The van der Waals surface area contributed by atoms with Gasteiger partial charge in [0.25, 0.3) is 0 Å². The summed E-state index contributed by atoms with van der Waals surface area (Å²) in [5.41, 5.74) is 9.76. The zero-order valence-electron chi connectivity index (χ0n) is 35.2. The van der Waals surface area contributed by atoms with Gasteiger partial charge < -0.3 is 11.5 Å². The Hall–Kier alpha value is -2.12. The van der Waals surface area contributed by atoms with Gasteiger partial charge in [-0.1, -0.05) is 233 Å². The smallest absolute Gasteiger partial charge is 0.318 e. The topological polar surface area (TPSA) is 144 Å². The third-order valence-electron chi connectivity index (χ3n) is 9.50. The Morgan fingerprint density at radius 1 is 0.288 bits per heavy atom. The molecule has 8 nitrogen and oxygen atoms in total. The molecule has 0 unspecified atom stereocenters. The van der Waals surface area contributed by atoms with E-state index in [-0.39, 0.29) is 11.8 Å². The molecule has 0 aliphatic carbocycles. The van der Waals surface area contributed by atoms with Gasteiger partial charge in [0.15, 0.2) is 0 Å². The van der Waals surface area contributed by atoms with E-state index >= 15 is 0 Å². The van der Waals surface area contributed by atoms with Crippen molar-refractivity contribution < 1.29 is 19.2 Å². The minimum atomic E-state index is -0.754. The van der Waals surface area contributed by atoms with Crippen molar-refractivity contribution in [3.05, 3.63) is 0 Å². The minimum absolute atomic E-state index is 0.257. The summed E-state index contributed by atoms with van der Waals surface area (Å²) in [4.78, 5) is 43.3. The van der Waals surface area contributed by atoms with Crippen LogP contribution in [0.2, 0.25) is 0 Å². The molecule has 0 radical (unpaired) electrons. The molecule has 0 fully saturated rings. The highest BCUT2D eigenvalue weighted by atomic mass is 16.2. The van der Waals surface area contributed by atoms with Crippen LogP contribution in [0.4, 0.5) is 9.59 Å². The van der Waals surface area contributed by atoms with Gasteiger partial charge in [0.1, 0.15) is 0 Å². The van der Waals surface area contributed by atoms with Crippen molar-refractivity contribution >= 4 is 23.9 Å². The number of hydrogen-bond acceptors (Lipinski definition) is 4. The predicted octanol–water partition coefficient (Wildman–Crippen LogP) is 13.5. The Morgan fingerprint density at radius 3 is 0.615 bits per heavy atom. The number of carbonyl (C=O) groups is 4. The second-order valence-corrected chi connectivity index (χ2v) is 14.9. The lowest BCUT2D eigenvalue weighted by Crippen LogP contribution is -2.34. The number of carbonyl (C=O) groups excluding carboxylic acids is 4. The van der Waals surface area contributed by atoms with E-state index in [0.717, 1.165) is 25.7 Å². The van der Waals surface area contributed by atoms with Crippen LogP contribution < -0.4 is 22.1 Å². The average Bonchev–Trinajstić information content (AvgIpc) is 3.10. The highest BCUT2D eigenvalue weighted by molar-refractivity contribution is 5.93. The largest absolute Gasteiger partial charge is 0.351 e. The third-order valence-corrected chi connectivity index (χ3v) is 9.50. The van der Waals surface area contributed by atoms with Crippen LogP contribution in [0.3, 0.4) is 0 Å².